The molecule has 5 nitrogen and oxygen atoms in total. The van der Waals surface area contributed by atoms with Crippen LogP contribution in [0.2, 0.25) is 0 Å². The van der Waals surface area contributed by atoms with Crippen molar-refractivity contribution in [1.82, 2.24) is 4.90 Å². The summed E-state index contributed by atoms with van der Waals surface area (Å²) in [6.45, 7) is 2.64. The van der Waals surface area contributed by atoms with Crippen LogP contribution in [0.5, 0.6) is 0 Å². The van der Waals surface area contributed by atoms with Gasteiger partial charge in [0, 0.05) is 13.6 Å². The lowest BCUT2D eigenvalue weighted by Crippen LogP contribution is -2.30. The van der Waals surface area contributed by atoms with Crippen molar-refractivity contribution >= 4 is 11.9 Å². The van der Waals surface area contributed by atoms with Crippen LogP contribution < -0.4 is 11.5 Å². The van der Waals surface area contributed by atoms with Crippen molar-refractivity contribution in [3.05, 3.63) is 35.4 Å². The number of benzene rings is 1. The standard InChI is InChI=1S/C11H17N5/c1-8-4-3-5-9(6-8)7-16(2)11(14)15-10(12)13/h3-6H,7H2,1-2H3,(H5,12,13,14,15). The molecule has 0 unspecified atom stereocenters. The lowest BCUT2D eigenvalue weighted by atomic mass is 10.1. The van der Waals surface area contributed by atoms with Gasteiger partial charge in [0.05, 0.1) is 0 Å². The molecule has 0 aliphatic rings. The molecule has 5 N–H and O–H groups in total. The molecule has 0 bridgehead atoms. The largest absolute Gasteiger partial charge is 0.370 e. The fourth-order valence-electron chi connectivity index (χ4n) is 1.37. The maximum Gasteiger partial charge on any atom is 0.221 e. The first-order valence-corrected chi connectivity index (χ1v) is 4.94. The minimum atomic E-state index is -0.0962. The minimum Gasteiger partial charge on any atom is -0.370 e. The maximum absolute atomic E-state index is 7.61. The van der Waals surface area contributed by atoms with Crippen LogP contribution in [0.25, 0.3) is 0 Å². The molecule has 1 aromatic rings. The van der Waals surface area contributed by atoms with E-state index < -0.39 is 0 Å². The molecule has 0 radical (unpaired) electrons. The average Bonchev–Trinajstić information content (AvgIpc) is 2.16. The molecule has 0 aliphatic heterocycles. The number of nitrogens with one attached hydrogen (secondary N) is 1. The highest BCUT2D eigenvalue weighted by Crippen LogP contribution is 2.06. The van der Waals surface area contributed by atoms with E-state index in [2.05, 4.69) is 11.1 Å². The zero-order chi connectivity index (χ0) is 12.1. The van der Waals surface area contributed by atoms with Crippen LogP contribution in [0.1, 0.15) is 11.1 Å². The zero-order valence-corrected chi connectivity index (χ0v) is 9.57. The van der Waals surface area contributed by atoms with Gasteiger partial charge in [-0.05, 0) is 12.5 Å². The second-order valence-electron chi connectivity index (χ2n) is 3.71. The summed E-state index contributed by atoms with van der Waals surface area (Å²) in [5.74, 6) is -0.0393. The van der Waals surface area contributed by atoms with Crippen LogP contribution in [0, 0.1) is 12.3 Å². The third-order valence-electron chi connectivity index (χ3n) is 2.10. The third kappa shape index (κ3) is 3.61. The van der Waals surface area contributed by atoms with Gasteiger partial charge in [-0.3, -0.25) is 5.41 Å². The molecular weight excluding hydrogens is 202 g/mol. The summed E-state index contributed by atoms with van der Waals surface area (Å²) in [5, 5.41) is 7.61. The second kappa shape index (κ2) is 5.16. The first-order chi connectivity index (χ1) is 7.49. The summed E-state index contributed by atoms with van der Waals surface area (Å²) in [5.41, 5.74) is 12.7. The highest BCUT2D eigenvalue weighted by Gasteiger charge is 2.04. The van der Waals surface area contributed by atoms with Crippen molar-refractivity contribution in [1.29, 1.82) is 5.41 Å². The lowest BCUT2D eigenvalue weighted by molar-refractivity contribution is 0.491. The number of nitrogens with zero attached hydrogens (tertiary/aromatic N) is 2. The Bertz CT molecular complexity index is 407. The van der Waals surface area contributed by atoms with Gasteiger partial charge in [0.25, 0.3) is 0 Å². The van der Waals surface area contributed by atoms with Crippen molar-refractivity contribution < 1.29 is 0 Å². The zero-order valence-electron chi connectivity index (χ0n) is 9.57. The van der Waals surface area contributed by atoms with Crippen LogP contribution in [0.15, 0.2) is 29.3 Å². The van der Waals surface area contributed by atoms with E-state index in [1.165, 1.54) is 5.56 Å². The van der Waals surface area contributed by atoms with Gasteiger partial charge in [0.2, 0.25) is 5.96 Å². The molecule has 0 atom stereocenters. The van der Waals surface area contributed by atoms with Gasteiger partial charge in [-0.15, -0.1) is 0 Å². The smallest absolute Gasteiger partial charge is 0.221 e. The van der Waals surface area contributed by atoms with Crippen molar-refractivity contribution in [3.63, 3.8) is 0 Å². The van der Waals surface area contributed by atoms with E-state index in [0.717, 1.165) is 5.56 Å². The first-order valence-electron chi connectivity index (χ1n) is 4.94. The molecule has 0 saturated heterocycles. The Morgan fingerprint density at radius 3 is 2.69 bits per heavy atom. The molecule has 0 aliphatic carbocycles. The van der Waals surface area contributed by atoms with Gasteiger partial charge in [0.1, 0.15) is 0 Å². The summed E-state index contributed by atoms with van der Waals surface area (Å²) in [7, 11) is 1.77. The highest BCUT2D eigenvalue weighted by molar-refractivity contribution is 5.91. The molecule has 0 saturated carbocycles. The highest BCUT2D eigenvalue weighted by atomic mass is 15.2. The van der Waals surface area contributed by atoms with Crippen molar-refractivity contribution in [2.75, 3.05) is 7.05 Å². The summed E-state index contributed by atoms with van der Waals surface area (Å²) in [6.07, 6.45) is 0. The number of rotatable bonds is 2. The minimum absolute atomic E-state index is 0.0570. The molecule has 16 heavy (non-hydrogen) atoms. The van der Waals surface area contributed by atoms with Crippen LogP contribution in [0.4, 0.5) is 0 Å². The summed E-state index contributed by atoms with van der Waals surface area (Å²) in [4.78, 5) is 5.35. The van der Waals surface area contributed by atoms with Crippen LogP contribution in [-0.4, -0.2) is 23.9 Å². The van der Waals surface area contributed by atoms with Gasteiger partial charge in [-0.2, -0.15) is 4.99 Å². The molecule has 1 aromatic carbocycles. The Kier molecular flexibility index (Phi) is 3.88. The Morgan fingerprint density at radius 1 is 1.44 bits per heavy atom. The van der Waals surface area contributed by atoms with E-state index in [-0.39, 0.29) is 11.9 Å². The SMILES string of the molecule is Cc1cccc(CN(C)C(=N)N=C(N)N)c1. The summed E-state index contributed by atoms with van der Waals surface area (Å²) in [6, 6.07) is 8.10. The van der Waals surface area contributed by atoms with E-state index in [1.807, 2.05) is 25.1 Å². The van der Waals surface area contributed by atoms with E-state index in [4.69, 9.17) is 16.9 Å². The van der Waals surface area contributed by atoms with Gasteiger partial charge in [-0.1, -0.05) is 29.8 Å². The molecule has 0 heterocycles. The molecule has 0 fully saturated rings. The van der Waals surface area contributed by atoms with Gasteiger partial charge >= 0.3 is 0 Å². The fraction of sp³-hybridized carbons (Fsp3) is 0.273. The molecule has 1 rings (SSSR count). The normalized spacial score (nSPS) is 9.62. The number of guanidine groups is 2. The Balaban J connectivity index is 2.68. The molecule has 0 spiro atoms. The number of hydrogen-bond donors (Lipinski definition) is 3. The van der Waals surface area contributed by atoms with Crippen LogP contribution >= 0.6 is 0 Å². The van der Waals surface area contributed by atoms with Crippen molar-refractivity contribution in [2.24, 2.45) is 16.5 Å². The van der Waals surface area contributed by atoms with Gasteiger partial charge < -0.3 is 16.4 Å². The van der Waals surface area contributed by atoms with Crippen molar-refractivity contribution in [2.45, 2.75) is 13.5 Å². The van der Waals surface area contributed by atoms with Gasteiger partial charge in [0.15, 0.2) is 5.96 Å². The van der Waals surface area contributed by atoms with E-state index in [1.54, 1.807) is 11.9 Å². The summed E-state index contributed by atoms with van der Waals surface area (Å²) < 4.78 is 0. The van der Waals surface area contributed by atoms with E-state index in [0.29, 0.717) is 6.54 Å². The van der Waals surface area contributed by atoms with Gasteiger partial charge in [-0.25, -0.2) is 0 Å². The van der Waals surface area contributed by atoms with Crippen LogP contribution in [-0.2, 0) is 6.54 Å². The predicted molar refractivity (Wildman–Crippen MR) is 66.2 cm³/mol. The van der Waals surface area contributed by atoms with E-state index in [9.17, 15) is 0 Å². The average molecular weight is 219 g/mol. The molecule has 5 heteroatoms. The number of aliphatic imine (C=N–C) groups is 1. The first kappa shape index (κ1) is 12.0. The maximum atomic E-state index is 7.61. The second-order valence-corrected chi connectivity index (χ2v) is 3.71. The quantitative estimate of drug-likeness (QED) is 0.503. The number of aryl methyl sites for hydroxylation is 1. The third-order valence-corrected chi connectivity index (χ3v) is 2.10. The number of hydrogen-bond acceptors (Lipinski definition) is 1. The van der Waals surface area contributed by atoms with E-state index >= 15 is 0 Å². The molecule has 86 valence electrons. The molecule has 0 aromatic heterocycles. The Hall–Kier alpha value is -2.04. The Labute approximate surface area is 95.3 Å². The predicted octanol–water partition coefficient (Wildman–Crippen LogP) is 0.635. The Morgan fingerprint density at radius 2 is 2.12 bits per heavy atom. The van der Waals surface area contributed by atoms with Crippen LogP contribution in [0.3, 0.4) is 0 Å². The number of nitrogens with two attached hydrogens (primary N) is 2. The fourth-order valence-corrected chi connectivity index (χ4v) is 1.37. The monoisotopic (exact) mass is 219 g/mol. The summed E-state index contributed by atoms with van der Waals surface area (Å²) >= 11 is 0. The molecular formula is C11H17N5. The lowest BCUT2D eigenvalue weighted by Gasteiger charge is -2.17. The molecule has 0 amide bonds. The topological polar surface area (TPSA) is 91.5 Å². The van der Waals surface area contributed by atoms with Crippen molar-refractivity contribution in [3.8, 4) is 0 Å².